The fourth-order valence-electron chi connectivity index (χ4n) is 2.71. The lowest BCUT2D eigenvalue weighted by atomic mass is 10.3. The van der Waals surface area contributed by atoms with Gasteiger partial charge in [0.25, 0.3) is 0 Å². The second-order valence-corrected chi connectivity index (χ2v) is 14.9. The highest BCUT2D eigenvalue weighted by Gasteiger charge is 2.47. The summed E-state index contributed by atoms with van der Waals surface area (Å²) < 4.78 is 131. The van der Waals surface area contributed by atoms with Crippen molar-refractivity contribution in [3.8, 4) is 0 Å². The summed E-state index contributed by atoms with van der Waals surface area (Å²) in [6.45, 7) is 6.00. The smallest absolute Gasteiger partial charge is 0.460 e. The Kier molecular flexibility index (Phi) is 17.5. The molecule has 1 N–H and O–H groups in total. The molecule has 0 aromatic rings. The maximum Gasteiger partial charge on any atom is 0.500 e. The summed E-state index contributed by atoms with van der Waals surface area (Å²) in [6.07, 6.45) is 2.40. The molecule has 0 aliphatic rings. The number of likely N-dealkylation sites (N-methyl/N-ethyl adjacent to an activating group) is 1. The predicted molar refractivity (Wildman–Crippen MR) is 130 cm³/mol. The van der Waals surface area contributed by atoms with E-state index < -0.39 is 39.9 Å². The molecular weight excluding hydrogens is 608 g/mol. The van der Waals surface area contributed by atoms with Crippen LogP contribution in [0, 0.1) is 0 Å². The number of esters is 1. The minimum Gasteiger partial charge on any atom is -0.460 e. The number of quaternary nitrogens is 1. The number of nitrogens with one attached hydrogen (secondary N) is 1. The molecule has 0 amide bonds. The Hall–Kier alpha value is -1.07. The Labute approximate surface area is 226 Å². The number of halogens is 6. The third-order valence-electron chi connectivity index (χ3n) is 4.85. The molecule has 0 fully saturated rings. The molecule has 0 unspecified atom stereocenters. The lowest BCUT2D eigenvalue weighted by Crippen LogP contribution is -2.43. The van der Waals surface area contributed by atoms with E-state index in [1.54, 1.807) is 21.3 Å². The van der Waals surface area contributed by atoms with E-state index in [4.69, 9.17) is 18.0 Å². The Morgan fingerprint density at radius 1 is 0.872 bits per heavy atom. The van der Waals surface area contributed by atoms with Crippen molar-refractivity contribution >= 4 is 34.8 Å². The van der Waals surface area contributed by atoms with Gasteiger partial charge in [-0.25, -0.2) is 16.8 Å². The molecule has 0 atom stereocenters. The van der Waals surface area contributed by atoms with E-state index in [1.165, 1.54) is 0 Å². The third kappa shape index (κ3) is 16.1. The van der Waals surface area contributed by atoms with Crippen LogP contribution in [-0.2, 0) is 42.9 Å². The van der Waals surface area contributed by atoms with E-state index in [-0.39, 0.29) is 5.97 Å². The first kappa shape index (κ1) is 40.1. The van der Waals surface area contributed by atoms with Crippen LogP contribution in [-0.4, -0.2) is 115 Å². The van der Waals surface area contributed by atoms with Gasteiger partial charge in [0.15, 0.2) is 20.0 Å². The van der Waals surface area contributed by atoms with Gasteiger partial charge in [0.1, 0.15) is 13.2 Å². The van der Waals surface area contributed by atoms with Crippen LogP contribution >= 0.6 is 0 Å². The molecule has 0 saturated heterocycles. The molecule has 236 valence electrons. The monoisotopic (exact) mass is 645 g/mol. The Morgan fingerprint density at radius 3 is 1.72 bits per heavy atom. The van der Waals surface area contributed by atoms with E-state index >= 15 is 0 Å². The molecule has 0 rings (SSSR count). The number of carbonyl (C=O) groups excluding carboxylic acids is 1. The normalized spacial score (nSPS) is 13.5. The number of carbonyl (C=O) groups is 1. The van der Waals surface area contributed by atoms with Crippen molar-refractivity contribution in [2.75, 3.05) is 68.2 Å². The Balaban J connectivity index is 0. The topological polar surface area (TPSA) is 148 Å². The summed E-state index contributed by atoms with van der Waals surface area (Å²) in [5.74, 6) is -0.145. The SMILES string of the molecule is CCC[N+](C)(C)CCOC(=O)CCNCCC[Si](OC)(OC)OC.O=S(=O)([N-]S(=O)(=O)C(F)(F)F)C(F)(F)F. The summed E-state index contributed by atoms with van der Waals surface area (Å²) in [6, 6.07) is 0.748. The zero-order valence-electron chi connectivity index (χ0n) is 22.5. The molecule has 0 aromatic heterocycles. The largest absolute Gasteiger partial charge is 0.500 e. The lowest BCUT2D eigenvalue weighted by molar-refractivity contribution is -0.890. The maximum absolute atomic E-state index is 11.7. The standard InChI is InChI=1S/C16H37N2O5Si.C2F6NO4S2/c1-7-12-18(2,3)13-14-23-16(19)9-11-17-10-8-15-24(20-4,21-5)22-6;3-1(4,5)14(10,11)9-15(12,13)2(6,7)8/h17H,7-15H2,1-6H3;/q+1;-1. The van der Waals surface area contributed by atoms with Crippen molar-refractivity contribution in [1.29, 1.82) is 0 Å². The molecular formula is C18H37F6N3O9S2Si. The van der Waals surface area contributed by atoms with Gasteiger partial charge in [0.05, 0.1) is 27.1 Å². The number of nitrogens with zero attached hydrogens (tertiary/aromatic N) is 2. The molecule has 0 saturated carbocycles. The lowest BCUT2D eigenvalue weighted by Gasteiger charge is -2.28. The first-order valence-corrected chi connectivity index (χ1v) is 16.1. The predicted octanol–water partition coefficient (Wildman–Crippen LogP) is 2.32. The first-order valence-electron chi connectivity index (χ1n) is 11.3. The highest BCUT2D eigenvalue weighted by Crippen LogP contribution is 2.36. The Morgan fingerprint density at radius 2 is 1.33 bits per heavy atom. The number of hydrogen-bond donors (Lipinski definition) is 1. The van der Waals surface area contributed by atoms with Crippen molar-refractivity contribution in [2.45, 2.75) is 43.2 Å². The summed E-state index contributed by atoms with van der Waals surface area (Å²) >= 11 is 0. The first-order chi connectivity index (χ1) is 17.6. The highest BCUT2D eigenvalue weighted by molar-refractivity contribution is 8.13. The van der Waals surface area contributed by atoms with Crippen molar-refractivity contribution in [3.05, 3.63) is 4.13 Å². The zero-order chi connectivity index (χ0) is 31.2. The fraction of sp³-hybridized carbons (Fsp3) is 0.944. The van der Waals surface area contributed by atoms with Crippen molar-refractivity contribution in [3.63, 3.8) is 0 Å². The minimum atomic E-state index is -6.72. The molecule has 0 radical (unpaired) electrons. The van der Waals surface area contributed by atoms with Crippen LogP contribution < -0.4 is 5.32 Å². The molecule has 0 aliphatic heterocycles. The van der Waals surface area contributed by atoms with E-state index in [2.05, 4.69) is 26.3 Å². The van der Waals surface area contributed by atoms with E-state index in [0.717, 1.165) is 47.1 Å². The van der Waals surface area contributed by atoms with Crippen LogP contribution in [0.3, 0.4) is 0 Å². The van der Waals surface area contributed by atoms with Crippen LogP contribution in [0.1, 0.15) is 26.2 Å². The summed E-state index contributed by atoms with van der Waals surface area (Å²) in [5, 5.41) is 3.24. The number of hydrogen-bond acceptors (Lipinski definition) is 10. The number of sulfonamides is 2. The second-order valence-electron chi connectivity index (χ2n) is 8.42. The number of rotatable bonds is 17. The molecule has 0 aromatic carbocycles. The number of alkyl halides is 6. The van der Waals surface area contributed by atoms with Crippen LogP contribution in [0.25, 0.3) is 4.13 Å². The molecule has 12 nitrogen and oxygen atoms in total. The van der Waals surface area contributed by atoms with Gasteiger partial charge in [-0.3, -0.25) is 4.79 Å². The zero-order valence-corrected chi connectivity index (χ0v) is 25.1. The quantitative estimate of drug-likeness (QED) is 0.0822. The van der Waals surface area contributed by atoms with Gasteiger partial charge in [-0.05, 0) is 19.4 Å². The van der Waals surface area contributed by atoms with Crippen LogP contribution in [0.5, 0.6) is 0 Å². The van der Waals surface area contributed by atoms with Crippen LogP contribution in [0.4, 0.5) is 26.3 Å². The molecule has 39 heavy (non-hydrogen) atoms. The second kappa shape index (κ2) is 17.0. The fourth-order valence-corrected chi connectivity index (χ4v) is 6.14. The van der Waals surface area contributed by atoms with Gasteiger partial charge in [-0.15, -0.1) is 0 Å². The van der Waals surface area contributed by atoms with E-state index in [0.29, 0.717) is 19.6 Å². The van der Waals surface area contributed by atoms with Gasteiger partial charge in [0.2, 0.25) is 0 Å². The molecule has 0 heterocycles. The Bertz CT molecular complexity index is 879. The molecule has 0 spiro atoms. The summed E-state index contributed by atoms with van der Waals surface area (Å²) in [4.78, 5) is 11.7. The summed E-state index contributed by atoms with van der Waals surface area (Å²) in [5.41, 5.74) is -12.4. The van der Waals surface area contributed by atoms with Crippen LogP contribution in [0.2, 0.25) is 6.04 Å². The van der Waals surface area contributed by atoms with Gasteiger partial charge in [-0.1, -0.05) is 6.92 Å². The summed E-state index contributed by atoms with van der Waals surface area (Å²) in [7, 11) is -6.77. The van der Waals surface area contributed by atoms with Gasteiger partial charge >= 0.3 is 25.8 Å². The van der Waals surface area contributed by atoms with Crippen LogP contribution in [0.15, 0.2) is 0 Å². The molecule has 0 aliphatic carbocycles. The third-order valence-corrected chi connectivity index (χ3v) is 10.4. The van der Waals surface area contributed by atoms with Gasteiger partial charge in [-0.2, -0.15) is 26.3 Å². The minimum absolute atomic E-state index is 0.145. The highest BCUT2D eigenvalue weighted by atomic mass is 32.3. The van der Waals surface area contributed by atoms with E-state index in [9.17, 15) is 48.0 Å². The molecule has 0 bridgehead atoms. The maximum atomic E-state index is 11.7. The van der Waals surface area contributed by atoms with Crippen molar-refractivity contribution in [1.82, 2.24) is 5.32 Å². The van der Waals surface area contributed by atoms with Gasteiger partial charge < -0.3 is 31.9 Å². The van der Waals surface area contributed by atoms with Crippen molar-refractivity contribution in [2.24, 2.45) is 0 Å². The van der Waals surface area contributed by atoms with Crippen molar-refractivity contribution < 1.29 is 70.5 Å². The van der Waals surface area contributed by atoms with Gasteiger partial charge in [0, 0.05) is 33.9 Å². The van der Waals surface area contributed by atoms with E-state index in [1.807, 2.05) is 0 Å². The molecule has 21 heteroatoms. The average molecular weight is 646 g/mol. The average Bonchev–Trinajstić information content (AvgIpc) is 2.77. The number of ether oxygens (including phenoxy) is 1.